The normalized spacial score (nSPS) is 12.4. The third kappa shape index (κ3) is 3.69. The van der Waals surface area contributed by atoms with Gasteiger partial charge in [0.05, 0.1) is 11.9 Å². The number of amides is 1. The molecule has 21 heavy (non-hydrogen) atoms. The molecule has 0 aliphatic rings. The van der Waals surface area contributed by atoms with E-state index in [1.165, 1.54) is 0 Å². The van der Waals surface area contributed by atoms with E-state index in [1.807, 2.05) is 33.3 Å². The summed E-state index contributed by atoms with van der Waals surface area (Å²) in [5.74, 6) is -0.172. The van der Waals surface area contributed by atoms with Crippen LogP contribution in [0.2, 0.25) is 0 Å². The number of aromatic nitrogens is 4. The molecule has 0 unspecified atom stereocenters. The fraction of sp³-hybridized carbons (Fsp3) is 0.500. The van der Waals surface area contributed by atoms with Gasteiger partial charge in [-0.3, -0.25) is 14.6 Å². The molecule has 0 spiro atoms. The number of hydrogen-bond donors (Lipinski definition) is 3. The third-order valence-corrected chi connectivity index (χ3v) is 3.48. The van der Waals surface area contributed by atoms with Crippen LogP contribution in [-0.4, -0.2) is 32.4 Å². The predicted octanol–water partition coefficient (Wildman–Crippen LogP) is 0.509. The molecule has 7 nitrogen and oxygen atoms in total. The first-order valence-corrected chi connectivity index (χ1v) is 7.01. The third-order valence-electron chi connectivity index (χ3n) is 3.48. The van der Waals surface area contributed by atoms with Crippen LogP contribution in [0.3, 0.4) is 0 Å². The Kier molecular flexibility index (Phi) is 4.74. The molecule has 1 atom stereocenters. The van der Waals surface area contributed by atoms with Gasteiger partial charge in [-0.15, -0.1) is 0 Å². The van der Waals surface area contributed by atoms with E-state index >= 15 is 0 Å². The largest absolute Gasteiger partial charge is 0.354 e. The van der Waals surface area contributed by atoms with Crippen LogP contribution in [0.1, 0.15) is 35.0 Å². The van der Waals surface area contributed by atoms with Gasteiger partial charge in [0.15, 0.2) is 0 Å². The fourth-order valence-corrected chi connectivity index (χ4v) is 2.36. The van der Waals surface area contributed by atoms with Crippen LogP contribution >= 0.6 is 0 Å². The molecule has 4 N–H and O–H groups in total. The van der Waals surface area contributed by atoms with E-state index < -0.39 is 6.04 Å². The van der Waals surface area contributed by atoms with E-state index in [-0.39, 0.29) is 5.91 Å². The van der Waals surface area contributed by atoms with Crippen molar-refractivity contribution in [3.05, 3.63) is 34.9 Å². The molecule has 2 heterocycles. The van der Waals surface area contributed by atoms with Gasteiger partial charge in [-0.2, -0.15) is 10.2 Å². The minimum Gasteiger partial charge on any atom is -0.354 e. The number of hydrogen-bond acceptors (Lipinski definition) is 4. The average Bonchev–Trinajstić information content (AvgIpc) is 3.00. The van der Waals surface area contributed by atoms with Gasteiger partial charge >= 0.3 is 0 Å². The van der Waals surface area contributed by atoms with Gasteiger partial charge in [-0.1, -0.05) is 0 Å². The smallest absolute Gasteiger partial charge is 0.241 e. The molecule has 0 saturated carbocycles. The van der Waals surface area contributed by atoms with Crippen molar-refractivity contribution < 1.29 is 4.79 Å². The van der Waals surface area contributed by atoms with Crippen molar-refractivity contribution in [3.63, 3.8) is 0 Å². The summed E-state index contributed by atoms with van der Waals surface area (Å²) in [5, 5.41) is 13.9. The SMILES string of the molecule is Cc1n[nH]c(C)c1[C@@H](N)C(=O)NCCCc1cnn(C)c1. The highest BCUT2D eigenvalue weighted by Gasteiger charge is 2.21. The van der Waals surface area contributed by atoms with Crippen molar-refractivity contribution in [2.75, 3.05) is 6.54 Å². The maximum atomic E-state index is 12.1. The maximum Gasteiger partial charge on any atom is 0.241 e. The first-order chi connectivity index (χ1) is 9.99. The monoisotopic (exact) mass is 290 g/mol. The van der Waals surface area contributed by atoms with E-state index in [4.69, 9.17) is 5.73 Å². The van der Waals surface area contributed by atoms with Crippen LogP contribution in [0.15, 0.2) is 12.4 Å². The topological polar surface area (TPSA) is 102 Å². The van der Waals surface area contributed by atoms with Gasteiger partial charge in [0.2, 0.25) is 5.91 Å². The summed E-state index contributed by atoms with van der Waals surface area (Å²) in [6, 6.07) is -0.679. The Morgan fingerprint density at radius 1 is 1.52 bits per heavy atom. The summed E-state index contributed by atoms with van der Waals surface area (Å²) in [7, 11) is 1.89. The van der Waals surface area contributed by atoms with Crippen LogP contribution in [0, 0.1) is 13.8 Å². The molecule has 0 aromatic carbocycles. The number of nitrogens with zero attached hydrogens (tertiary/aromatic N) is 3. The maximum absolute atomic E-state index is 12.1. The van der Waals surface area contributed by atoms with Crippen LogP contribution in [0.25, 0.3) is 0 Å². The molecule has 2 aromatic heterocycles. The number of carbonyl (C=O) groups excluding carboxylic acids is 1. The minimum absolute atomic E-state index is 0.172. The fourth-order valence-electron chi connectivity index (χ4n) is 2.36. The number of rotatable bonds is 6. The molecule has 2 aromatic rings. The second-order valence-electron chi connectivity index (χ2n) is 5.24. The molecule has 0 aliphatic carbocycles. The number of nitrogens with two attached hydrogens (primary N) is 1. The lowest BCUT2D eigenvalue weighted by molar-refractivity contribution is -0.122. The molecule has 0 aliphatic heterocycles. The Balaban J connectivity index is 1.79. The Bertz CT molecular complexity index is 595. The molecular formula is C14H22N6O. The number of aromatic amines is 1. The van der Waals surface area contributed by atoms with E-state index in [0.717, 1.165) is 35.4 Å². The molecule has 114 valence electrons. The zero-order valence-electron chi connectivity index (χ0n) is 12.7. The molecule has 7 heteroatoms. The number of carbonyl (C=O) groups is 1. The van der Waals surface area contributed by atoms with Crippen molar-refractivity contribution in [2.45, 2.75) is 32.7 Å². The Morgan fingerprint density at radius 2 is 2.29 bits per heavy atom. The Labute approximate surface area is 123 Å². The van der Waals surface area contributed by atoms with Crippen molar-refractivity contribution in [2.24, 2.45) is 12.8 Å². The highest BCUT2D eigenvalue weighted by Crippen LogP contribution is 2.17. The van der Waals surface area contributed by atoms with Gasteiger partial charge in [0.25, 0.3) is 0 Å². The zero-order valence-corrected chi connectivity index (χ0v) is 12.7. The first kappa shape index (κ1) is 15.2. The lowest BCUT2D eigenvalue weighted by atomic mass is 10.1. The quantitative estimate of drug-likeness (QED) is 0.675. The van der Waals surface area contributed by atoms with Gasteiger partial charge in [0, 0.05) is 31.0 Å². The second kappa shape index (κ2) is 6.53. The standard InChI is InChI=1S/C14H22N6O/c1-9-12(10(2)19-18-9)13(15)14(21)16-6-4-5-11-7-17-20(3)8-11/h7-8,13H,4-6,15H2,1-3H3,(H,16,21)(H,18,19)/t13-/m1/s1. The predicted molar refractivity (Wildman–Crippen MR) is 79.5 cm³/mol. The summed E-state index contributed by atoms with van der Waals surface area (Å²) < 4.78 is 1.77. The van der Waals surface area contributed by atoms with Crippen molar-refractivity contribution in [3.8, 4) is 0 Å². The summed E-state index contributed by atoms with van der Waals surface area (Å²) in [5.41, 5.74) is 9.55. The second-order valence-corrected chi connectivity index (χ2v) is 5.24. The highest BCUT2D eigenvalue weighted by molar-refractivity contribution is 5.83. The van der Waals surface area contributed by atoms with Gasteiger partial charge in [-0.25, -0.2) is 0 Å². The molecule has 0 radical (unpaired) electrons. The van der Waals surface area contributed by atoms with Gasteiger partial charge in [0.1, 0.15) is 6.04 Å². The summed E-state index contributed by atoms with van der Waals surface area (Å²) in [6.07, 6.45) is 5.55. The van der Waals surface area contributed by atoms with Crippen LogP contribution in [-0.2, 0) is 18.3 Å². The number of H-pyrrole nitrogens is 1. The average molecular weight is 290 g/mol. The van der Waals surface area contributed by atoms with Crippen LogP contribution in [0.5, 0.6) is 0 Å². The molecule has 0 fully saturated rings. The molecule has 0 bridgehead atoms. The lowest BCUT2D eigenvalue weighted by Crippen LogP contribution is -2.35. The molecule has 0 saturated heterocycles. The lowest BCUT2D eigenvalue weighted by Gasteiger charge is -2.12. The number of nitrogens with one attached hydrogen (secondary N) is 2. The van der Waals surface area contributed by atoms with Gasteiger partial charge in [-0.05, 0) is 32.3 Å². The summed E-state index contributed by atoms with van der Waals surface area (Å²) in [6.45, 7) is 4.30. The Morgan fingerprint density at radius 3 is 2.86 bits per heavy atom. The van der Waals surface area contributed by atoms with E-state index in [9.17, 15) is 4.79 Å². The van der Waals surface area contributed by atoms with Crippen molar-refractivity contribution in [1.82, 2.24) is 25.3 Å². The van der Waals surface area contributed by atoms with Crippen molar-refractivity contribution >= 4 is 5.91 Å². The van der Waals surface area contributed by atoms with E-state index in [2.05, 4.69) is 20.6 Å². The van der Waals surface area contributed by atoms with E-state index in [0.29, 0.717) is 6.54 Å². The minimum atomic E-state index is -0.679. The zero-order chi connectivity index (χ0) is 15.4. The summed E-state index contributed by atoms with van der Waals surface area (Å²) >= 11 is 0. The van der Waals surface area contributed by atoms with Crippen molar-refractivity contribution in [1.29, 1.82) is 0 Å². The van der Waals surface area contributed by atoms with E-state index in [1.54, 1.807) is 4.68 Å². The van der Waals surface area contributed by atoms with Crippen LogP contribution < -0.4 is 11.1 Å². The molecule has 1 amide bonds. The summed E-state index contributed by atoms with van der Waals surface area (Å²) in [4.78, 5) is 12.1. The number of aryl methyl sites for hydroxylation is 4. The van der Waals surface area contributed by atoms with Crippen LogP contribution in [0.4, 0.5) is 0 Å². The molecular weight excluding hydrogens is 268 g/mol. The Hall–Kier alpha value is -2.15. The molecule has 2 rings (SSSR count). The highest BCUT2D eigenvalue weighted by atomic mass is 16.2. The first-order valence-electron chi connectivity index (χ1n) is 7.01. The van der Waals surface area contributed by atoms with Gasteiger partial charge < -0.3 is 11.1 Å².